The Labute approximate surface area is 234 Å². The Bertz CT molecular complexity index is 742. The molecule has 0 fully saturated rings. The first-order valence-electron chi connectivity index (χ1n) is 13.1. The van der Waals surface area contributed by atoms with Gasteiger partial charge in [-0.2, -0.15) is 0 Å². The molecule has 0 saturated heterocycles. The molecule has 1 rings (SSSR count). The first-order chi connectivity index (χ1) is 16.3. The van der Waals surface area contributed by atoms with E-state index in [1.54, 1.807) is 9.48 Å². The minimum Gasteiger partial charge on any atom is -0.748 e. The number of carbonyl (C=O) groups excluding carboxylic acids is 1. The van der Waals surface area contributed by atoms with Crippen molar-refractivity contribution in [1.82, 2.24) is 4.90 Å². The number of aliphatic hydroxyl groups excluding tert-OH is 2. The molecule has 0 spiro atoms. The normalized spacial score (nSPS) is 15.1. The van der Waals surface area contributed by atoms with Gasteiger partial charge in [0.2, 0.25) is 5.78 Å². The molecule has 0 aromatic heterocycles. The van der Waals surface area contributed by atoms with Crippen molar-refractivity contribution in [2.75, 3.05) is 38.5 Å². The number of nitrogens with zero attached hydrogens (tertiary/aromatic N) is 2. The number of allylic oxidation sites excluding steroid dienone is 2. The Balaban J connectivity index is 0.0000116. The molecule has 0 bridgehead atoms. The Kier molecular flexibility index (Phi) is 20.6. The second-order valence-electron chi connectivity index (χ2n) is 9.26. The summed E-state index contributed by atoms with van der Waals surface area (Å²) in [5, 5.41) is 19.2. The Hall–Kier alpha value is -0.290. The third kappa shape index (κ3) is 17.0. The minimum absolute atomic E-state index is 0. The molecule has 35 heavy (non-hydrogen) atoms. The number of rotatable bonds is 21. The second kappa shape index (κ2) is 20.7. The molecule has 8 nitrogen and oxygen atoms in total. The van der Waals surface area contributed by atoms with E-state index in [0.29, 0.717) is 31.9 Å². The van der Waals surface area contributed by atoms with Crippen LogP contribution < -0.4 is 29.6 Å². The maximum Gasteiger partial charge on any atom is 1.00 e. The molecule has 1 aliphatic rings. The fraction of sp³-hybridized carbons (Fsp3) is 0.840. The Morgan fingerprint density at radius 3 is 2.20 bits per heavy atom. The van der Waals surface area contributed by atoms with Gasteiger partial charge >= 0.3 is 35.4 Å². The molecule has 1 unspecified atom stereocenters. The SMILES string of the molecule is CCCCC/C=C/CCCCCCCCCC(=O)C1=[N+](CC(O)CS(=O)(=O)[O-])CCN1CCO.[Na+]. The summed E-state index contributed by atoms with van der Waals surface area (Å²) < 4.78 is 34.4. The molecule has 0 aliphatic carbocycles. The summed E-state index contributed by atoms with van der Waals surface area (Å²) in [5.74, 6) is -0.520. The first kappa shape index (κ1) is 34.7. The van der Waals surface area contributed by atoms with Crippen LogP contribution in [0.3, 0.4) is 0 Å². The topological polar surface area (TPSA) is 121 Å². The Morgan fingerprint density at radius 2 is 1.63 bits per heavy atom. The zero-order valence-corrected chi connectivity index (χ0v) is 24.8. The predicted octanol–water partition coefficient (Wildman–Crippen LogP) is -0.168. The van der Waals surface area contributed by atoms with Crippen LogP contribution in [-0.2, 0) is 14.9 Å². The smallest absolute Gasteiger partial charge is 0.748 e. The number of hydrogen-bond donors (Lipinski definition) is 2. The van der Waals surface area contributed by atoms with E-state index in [1.807, 2.05) is 0 Å². The van der Waals surface area contributed by atoms with E-state index in [1.165, 1.54) is 51.4 Å². The summed E-state index contributed by atoms with van der Waals surface area (Å²) in [4.78, 5) is 14.6. The standard InChI is InChI=1S/C25H46N2O6S.Na/c1-2-3-4-5-6-7-8-9-10-11-12-13-14-15-16-24(30)25-26(19-20-28)17-18-27(25)21-23(29)22-34(31,32)33;/h6-7,23,28-29H,2-5,8-22H2,1H3;/q;+1/b7-6+;. The maximum atomic E-state index is 12.9. The molecule has 0 saturated carbocycles. The molecule has 2 N–H and O–H groups in total. The molecule has 10 heteroatoms. The summed E-state index contributed by atoms with van der Waals surface area (Å²) in [5.41, 5.74) is 0. The average molecular weight is 526 g/mol. The maximum absolute atomic E-state index is 12.9. The van der Waals surface area contributed by atoms with E-state index in [4.69, 9.17) is 0 Å². The third-order valence-electron chi connectivity index (χ3n) is 6.10. The summed E-state index contributed by atoms with van der Waals surface area (Å²) in [6.07, 6.45) is 17.6. The zero-order valence-electron chi connectivity index (χ0n) is 22.0. The number of amidine groups is 1. The van der Waals surface area contributed by atoms with Crippen molar-refractivity contribution in [2.45, 2.75) is 96.5 Å². The van der Waals surface area contributed by atoms with Gasteiger partial charge in [-0.05, 0) is 32.1 Å². The predicted molar refractivity (Wildman–Crippen MR) is 134 cm³/mol. The number of aliphatic hydroxyl groups is 2. The van der Waals surface area contributed by atoms with Crippen molar-refractivity contribution in [1.29, 1.82) is 0 Å². The number of unbranched alkanes of at least 4 members (excludes halogenated alkanes) is 10. The van der Waals surface area contributed by atoms with Crippen LogP contribution in [0.15, 0.2) is 12.2 Å². The molecule has 198 valence electrons. The van der Waals surface area contributed by atoms with Gasteiger partial charge in [0.15, 0.2) is 0 Å². The van der Waals surface area contributed by atoms with Crippen LogP contribution in [0, 0.1) is 0 Å². The summed E-state index contributed by atoms with van der Waals surface area (Å²) in [6, 6.07) is 0. The average Bonchev–Trinajstić information content (AvgIpc) is 3.14. The van der Waals surface area contributed by atoms with Crippen molar-refractivity contribution >= 4 is 21.7 Å². The van der Waals surface area contributed by atoms with Crippen molar-refractivity contribution in [3.05, 3.63) is 12.2 Å². The number of hydrogen-bond acceptors (Lipinski definition) is 7. The summed E-state index contributed by atoms with van der Waals surface area (Å²) >= 11 is 0. The van der Waals surface area contributed by atoms with Crippen LogP contribution in [0.1, 0.15) is 90.4 Å². The molecule has 0 aromatic rings. The van der Waals surface area contributed by atoms with E-state index in [-0.39, 0.29) is 48.5 Å². The zero-order chi connectivity index (χ0) is 25.2. The van der Waals surface area contributed by atoms with E-state index in [0.717, 1.165) is 25.7 Å². The van der Waals surface area contributed by atoms with Gasteiger partial charge in [-0.15, -0.1) is 0 Å². The first-order valence-corrected chi connectivity index (χ1v) is 14.6. The van der Waals surface area contributed by atoms with Crippen molar-refractivity contribution in [3.8, 4) is 0 Å². The third-order valence-corrected chi connectivity index (χ3v) is 6.89. The Morgan fingerprint density at radius 1 is 1.06 bits per heavy atom. The van der Waals surface area contributed by atoms with E-state index in [9.17, 15) is 28.0 Å². The molecular formula is C25H46N2NaO6S+. The van der Waals surface area contributed by atoms with Crippen LogP contribution >= 0.6 is 0 Å². The van der Waals surface area contributed by atoms with Gasteiger partial charge in [-0.3, -0.25) is 14.3 Å². The molecule has 1 heterocycles. The van der Waals surface area contributed by atoms with Gasteiger partial charge in [0, 0.05) is 6.42 Å². The quantitative estimate of drug-likeness (QED) is 0.0702. The second-order valence-corrected chi connectivity index (χ2v) is 10.7. The largest absolute Gasteiger partial charge is 1.00 e. The number of ketones is 1. The van der Waals surface area contributed by atoms with Crippen molar-refractivity contribution in [3.63, 3.8) is 0 Å². The molecular weight excluding hydrogens is 479 g/mol. The fourth-order valence-corrected chi connectivity index (χ4v) is 4.93. The number of Topliss-reactive ketones (excluding diaryl/α,β-unsaturated/α-hetero) is 1. The molecule has 0 radical (unpaired) electrons. The molecule has 1 aliphatic heterocycles. The van der Waals surface area contributed by atoms with Gasteiger partial charge in [0.05, 0.1) is 22.5 Å². The van der Waals surface area contributed by atoms with Crippen LogP contribution in [0.4, 0.5) is 0 Å². The molecule has 1 atom stereocenters. The van der Waals surface area contributed by atoms with Gasteiger partial charge in [-0.1, -0.05) is 64.0 Å². The summed E-state index contributed by atoms with van der Waals surface area (Å²) in [6.45, 7) is 3.31. The van der Waals surface area contributed by atoms with Crippen LogP contribution in [-0.4, -0.2) is 88.9 Å². The van der Waals surface area contributed by atoms with Gasteiger partial charge in [0.1, 0.15) is 32.3 Å². The minimum atomic E-state index is -4.54. The van der Waals surface area contributed by atoms with Gasteiger partial charge in [-0.25, -0.2) is 8.42 Å². The van der Waals surface area contributed by atoms with E-state index in [2.05, 4.69) is 19.1 Å². The van der Waals surface area contributed by atoms with Crippen LogP contribution in [0.2, 0.25) is 0 Å². The van der Waals surface area contributed by atoms with E-state index >= 15 is 0 Å². The van der Waals surface area contributed by atoms with E-state index < -0.39 is 22.0 Å². The number of carbonyl (C=O) groups is 1. The molecule has 0 amide bonds. The number of β-amino-alcohol motifs (C(OH)–C–C–N with tert-alkyl or cyclic N) is 2. The van der Waals surface area contributed by atoms with Crippen molar-refractivity contribution < 1.29 is 62.1 Å². The van der Waals surface area contributed by atoms with Crippen LogP contribution in [0.5, 0.6) is 0 Å². The monoisotopic (exact) mass is 525 g/mol. The summed E-state index contributed by atoms with van der Waals surface area (Å²) in [7, 11) is -4.54. The van der Waals surface area contributed by atoms with Crippen molar-refractivity contribution in [2.24, 2.45) is 0 Å². The molecule has 0 aromatic carbocycles. The van der Waals surface area contributed by atoms with Crippen LogP contribution in [0.25, 0.3) is 0 Å². The van der Waals surface area contributed by atoms with Gasteiger partial charge in [0.25, 0.3) is 0 Å². The van der Waals surface area contributed by atoms with Gasteiger partial charge < -0.3 is 14.8 Å². The fourth-order valence-electron chi connectivity index (χ4n) is 4.36.